The van der Waals surface area contributed by atoms with E-state index in [9.17, 15) is 14.0 Å². The van der Waals surface area contributed by atoms with Crippen LogP contribution in [0.5, 0.6) is 0 Å². The highest BCUT2D eigenvalue weighted by molar-refractivity contribution is 6.00. The molecule has 2 amide bonds. The molecule has 0 radical (unpaired) electrons. The first kappa shape index (κ1) is 16.9. The van der Waals surface area contributed by atoms with Crippen molar-refractivity contribution in [1.29, 1.82) is 0 Å². The van der Waals surface area contributed by atoms with Crippen molar-refractivity contribution in [2.75, 3.05) is 26.0 Å². The number of hydrogen-bond donors (Lipinski definition) is 3. The van der Waals surface area contributed by atoms with E-state index in [1.807, 2.05) is 25.9 Å². The minimum absolute atomic E-state index is 0.0567. The van der Waals surface area contributed by atoms with E-state index >= 15 is 0 Å². The minimum Gasteiger partial charge on any atom is -0.478 e. The predicted octanol–water partition coefficient (Wildman–Crippen LogP) is 1.99. The largest absolute Gasteiger partial charge is 0.478 e. The second-order valence-electron chi connectivity index (χ2n) is 5.09. The molecule has 0 saturated heterocycles. The van der Waals surface area contributed by atoms with E-state index in [1.165, 1.54) is 6.07 Å². The summed E-state index contributed by atoms with van der Waals surface area (Å²) in [6, 6.07) is 2.60. The highest BCUT2D eigenvalue weighted by Gasteiger charge is 2.14. The summed E-state index contributed by atoms with van der Waals surface area (Å²) in [5.41, 5.74) is -0.229. The summed E-state index contributed by atoms with van der Waals surface area (Å²) in [4.78, 5) is 24.8. The maximum atomic E-state index is 13.0. The van der Waals surface area contributed by atoms with E-state index in [0.29, 0.717) is 0 Å². The van der Waals surface area contributed by atoms with Gasteiger partial charge in [-0.15, -0.1) is 0 Å². The number of halogens is 1. The second kappa shape index (κ2) is 7.58. The summed E-state index contributed by atoms with van der Waals surface area (Å²) in [7, 11) is 3.87. The summed E-state index contributed by atoms with van der Waals surface area (Å²) in [6.07, 6.45) is 0.760. The van der Waals surface area contributed by atoms with Crippen molar-refractivity contribution < 1.29 is 19.1 Å². The van der Waals surface area contributed by atoms with Crippen LogP contribution in [0.15, 0.2) is 18.2 Å². The Bertz CT molecular complexity index is 520. The number of benzene rings is 1. The lowest BCUT2D eigenvalue weighted by molar-refractivity contribution is 0.0697. The van der Waals surface area contributed by atoms with Crippen LogP contribution in [-0.2, 0) is 0 Å². The normalized spacial score (nSPS) is 12.0. The van der Waals surface area contributed by atoms with Gasteiger partial charge in [0.05, 0.1) is 11.3 Å². The molecule has 0 aliphatic heterocycles. The van der Waals surface area contributed by atoms with E-state index < -0.39 is 17.8 Å². The molecular weight excluding hydrogens is 277 g/mol. The number of anilines is 1. The highest BCUT2D eigenvalue weighted by Crippen LogP contribution is 2.17. The molecule has 0 heterocycles. The van der Waals surface area contributed by atoms with Gasteiger partial charge in [-0.1, -0.05) is 0 Å². The Morgan fingerprint density at radius 3 is 2.62 bits per heavy atom. The van der Waals surface area contributed by atoms with Crippen molar-refractivity contribution in [3.05, 3.63) is 29.6 Å². The average Bonchev–Trinajstić information content (AvgIpc) is 2.38. The first-order chi connectivity index (χ1) is 9.79. The maximum absolute atomic E-state index is 13.0. The Balaban J connectivity index is 2.65. The average molecular weight is 297 g/mol. The van der Waals surface area contributed by atoms with Gasteiger partial charge in [-0.3, -0.25) is 0 Å². The molecule has 1 aromatic rings. The highest BCUT2D eigenvalue weighted by atomic mass is 19.1. The SMILES string of the molecule is CC(CCN(C)C)NC(=O)Nc1ccc(F)cc1C(=O)O. The lowest BCUT2D eigenvalue weighted by Gasteiger charge is -2.17. The van der Waals surface area contributed by atoms with Crippen LogP contribution in [0.25, 0.3) is 0 Å². The van der Waals surface area contributed by atoms with Crippen LogP contribution in [0.2, 0.25) is 0 Å². The van der Waals surface area contributed by atoms with Gasteiger partial charge in [-0.25, -0.2) is 14.0 Å². The van der Waals surface area contributed by atoms with E-state index in [4.69, 9.17) is 5.11 Å². The van der Waals surface area contributed by atoms with Crippen molar-refractivity contribution in [2.45, 2.75) is 19.4 Å². The van der Waals surface area contributed by atoms with Gasteiger partial charge in [0, 0.05) is 6.04 Å². The Morgan fingerprint density at radius 2 is 2.05 bits per heavy atom. The van der Waals surface area contributed by atoms with Crippen LogP contribution in [0.3, 0.4) is 0 Å². The fourth-order valence-corrected chi connectivity index (χ4v) is 1.71. The summed E-state index contributed by atoms with van der Waals surface area (Å²) in [6.45, 7) is 2.67. The topological polar surface area (TPSA) is 81.7 Å². The standard InChI is InChI=1S/C14H20FN3O3/c1-9(6-7-18(2)3)16-14(21)17-12-5-4-10(15)8-11(12)13(19)20/h4-5,8-9H,6-7H2,1-3H3,(H,19,20)(H2,16,17,21). The Hall–Kier alpha value is -2.15. The third kappa shape index (κ3) is 5.78. The molecule has 116 valence electrons. The van der Waals surface area contributed by atoms with Crippen LogP contribution in [0.1, 0.15) is 23.7 Å². The molecule has 0 spiro atoms. The quantitative estimate of drug-likeness (QED) is 0.750. The van der Waals surface area contributed by atoms with Crippen LogP contribution >= 0.6 is 0 Å². The van der Waals surface area contributed by atoms with E-state index in [0.717, 1.165) is 25.1 Å². The monoisotopic (exact) mass is 297 g/mol. The van der Waals surface area contributed by atoms with Crippen LogP contribution in [0.4, 0.5) is 14.9 Å². The molecule has 3 N–H and O–H groups in total. The molecule has 0 fully saturated rings. The molecule has 0 aromatic heterocycles. The molecule has 1 atom stereocenters. The van der Waals surface area contributed by atoms with Crippen molar-refractivity contribution >= 4 is 17.7 Å². The maximum Gasteiger partial charge on any atom is 0.337 e. The fraction of sp³-hybridized carbons (Fsp3) is 0.429. The smallest absolute Gasteiger partial charge is 0.337 e. The number of carbonyl (C=O) groups is 2. The summed E-state index contributed by atoms with van der Waals surface area (Å²) in [5, 5.41) is 14.1. The lowest BCUT2D eigenvalue weighted by Crippen LogP contribution is -2.38. The summed E-state index contributed by atoms with van der Waals surface area (Å²) >= 11 is 0. The number of carbonyl (C=O) groups excluding carboxylic acids is 1. The molecular formula is C14H20FN3O3. The molecule has 6 nitrogen and oxygen atoms in total. The Labute approximate surface area is 122 Å². The van der Waals surface area contributed by atoms with Crippen molar-refractivity contribution in [2.24, 2.45) is 0 Å². The number of hydrogen-bond acceptors (Lipinski definition) is 3. The van der Waals surface area contributed by atoms with Gasteiger partial charge in [0.2, 0.25) is 0 Å². The number of nitrogens with zero attached hydrogens (tertiary/aromatic N) is 1. The summed E-state index contributed by atoms with van der Waals surface area (Å²) < 4.78 is 13.0. The molecule has 1 rings (SSSR count). The fourth-order valence-electron chi connectivity index (χ4n) is 1.71. The molecule has 0 saturated carbocycles. The lowest BCUT2D eigenvalue weighted by atomic mass is 10.1. The van der Waals surface area contributed by atoms with Gasteiger partial charge >= 0.3 is 12.0 Å². The molecule has 0 aliphatic rings. The predicted molar refractivity (Wildman–Crippen MR) is 78.1 cm³/mol. The van der Waals surface area contributed by atoms with Gasteiger partial charge in [0.15, 0.2) is 0 Å². The summed E-state index contributed by atoms with van der Waals surface area (Å²) in [5.74, 6) is -1.97. The molecule has 0 aliphatic carbocycles. The number of aromatic carboxylic acids is 1. The first-order valence-corrected chi connectivity index (χ1v) is 6.54. The zero-order valence-electron chi connectivity index (χ0n) is 12.3. The second-order valence-corrected chi connectivity index (χ2v) is 5.09. The van der Waals surface area contributed by atoms with Crippen LogP contribution < -0.4 is 10.6 Å². The van der Waals surface area contributed by atoms with Crippen molar-refractivity contribution in [3.63, 3.8) is 0 Å². The van der Waals surface area contributed by atoms with E-state index in [2.05, 4.69) is 10.6 Å². The number of carboxylic acid groups (broad SMARTS) is 1. The van der Waals surface area contributed by atoms with Crippen molar-refractivity contribution in [1.82, 2.24) is 10.2 Å². The number of carboxylic acids is 1. The Kier molecular flexibility index (Phi) is 6.10. The van der Waals surface area contributed by atoms with Gasteiger partial charge in [0.25, 0.3) is 0 Å². The van der Waals surface area contributed by atoms with Gasteiger partial charge in [0.1, 0.15) is 5.82 Å². The van der Waals surface area contributed by atoms with Gasteiger partial charge in [-0.05, 0) is 52.2 Å². The number of rotatable bonds is 6. The Morgan fingerprint density at radius 1 is 1.38 bits per heavy atom. The van der Waals surface area contributed by atoms with E-state index in [-0.39, 0.29) is 17.3 Å². The van der Waals surface area contributed by atoms with Crippen LogP contribution in [0, 0.1) is 5.82 Å². The number of urea groups is 1. The molecule has 7 heteroatoms. The zero-order valence-corrected chi connectivity index (χ0v) is 12.3. The molecule has 1 unspecified atom stereocenters. The third-order valence-corrected chi connectivity index (χ3v) is 2.85. The number of nitrogens with one attached hydrogen (secondary N) is 2. The van der Waals surface area contributed by atoms with Crippen molar-refractivity contribution in [3.8, 4) is 0 Å². The number of amides is 2. The first-order valence-electron chi connectivity index (χ1n) is 6.54. The minimum atomic E-state index is -1.30. The molecule has 0 bridgehead atoms. The van der Waals surface area contributed by atoms with Gasteiger partial charge in [-0.2, -0.15) is 0 Å². The molecule has 1 aromatic carbocycles. The van der Waals surface area contributed by atoms with Crippen LogP contribution in [-0.4, -0.2) is 48.7 Å². The molecule has 21 heavy (non-hydrogen) atoms. The third-order valence-electron chi connectivity index (χ3n) is 2.85. The zero-order chi connectivity index (χ0) is 16.0. The van der Waals surface area contributed by atoms with Gasteiger partial charge < -0.3 is 20.6 Å². The van der Waals surface area contributed by atoms with E-state index in [1.54, 1.807) is 0 Å².